The Morgan fingerprint density at radius 2 is 1.86 bits per heavy atom. The molecule has 1 rings (SSSR count). The third-order valence-corrected chi connectivity index (χ3v) is 4.20. The van der Waals surface area contributed by atoms with Crippen LogP contribution in [0.2, 0.25) is 0 Å². The quantitative estimate of drug-likeness (QED) is 0.559. The van der Waals surface area contributed by atoms with E-state index in [9.17, 15) is 0 Å². The zero-order valence-electron chi connectivity index (χ0n) is 10.6. The topological polar surface area (TPSA) is 0 Å². The number of rotatable bonds is 6. The third-order valence-electron chi connectivity index (χ3n) is 4.20. The van der Waals surface area contributed by atoms with Crippen molar-refractivity contribution >= 4 is 0 Å². The highest BCUT2D eigenvalue weighted by Crippen LogP contribution is 2.40. The van der Waals surface area contributed by atoms with Crippen molar-refractivity contribution in [2.75, 3.05) is 0 Å². The molecule has 0 saturated heterocycles. The van der Waals surface area contributed by atoms with Crippen molar-refractivity contribution in [3.05, 3.63) is 0 Å². The maximum Gasteiger partial charge on any atom is -0.0354 e. The van der Waals surface area contributed by atoms with Gasteiger partial charge in [-0.25, -0.2) is 0 Å². The van der Waals surface area contributed by atoms with E-state index in [-0.39, 0.29) is 0 Å². The van der Waals surface area contributed by atoms with Crippen LogP contribution in [0, 0.1) is 17.3 Å². The minimum Gasteiger partial charge on any atom is -0.0654 e. The second kappa shape index (κ2) is 5.19. The summed E-state index contributed by atoms with van der Waals surface area (Å²) in [7, 11) is 0. The summed E-state index contributed by atoms with van der Waals surface area (Å²) in [6, 6.07) is 0. The molecule has 1 aliphatic rings. The molecule has 14 heavy (non-hydrogen) atoms. The van der Waals surface area contributed by atoms with E-state index >= 15 is 0 Å². The molecule has 0 aromatic rings. The molecule has 1 fully saturated rings. The van der Waals surface area contributed by atoms with Crippen molar-refractivity contribution in [2.45, 2.75) is 72.6 Å². The van der Waals surface area contributed by atoms with E-state index < -0.39 is 0 Å². The van der Waals surface area contributed by atoms with Gasteiger partial charge >= 0.3 is 0 Å². The molecule has 1 saturated carbocycles. The Kier molecular flexibility index (Phi) is 4.47. The van der Waals surface area contributed by atoms with Crippen LogP contribution in [0.4, 0.5) is 0 Å². The SMILES string of the molecule is CCCCC(C)(C)CCC1CCC1C. The summed E-state index contributed by atoms with van der Waals surface area (Å²) in [5, 5.41) is 0. The molecule has 0 spiro atoms. The Morgan fingerprint density at radius 3 is 2.29 bits per heavy atom. The van der Waals surface area contributed by atoms with E-state index in [1.54, 1.807) is 0 Å². The fourth-order valence-corrected chi connectivity index (χ4v) is 2.52. The van der Waals surface area contributed by atoms with Crippen LogP contribution in [0.15, 0.2) is 0 Å². The average Bonchev–Trinajstić information content (AvgIpc) is 2.12. The highest BCUT2D eigenvalue weighted by molar-refractivity contribution is 4.79. The summed E-state index contributed by atoms with van der Waals surface area (Å²) in [4.78, 5) is 0. The first-order valence-corrected chi connectivity index (χ1v) is 6.55. The molecule has 0 N–H and O–H groups in total. The lowest BCUT2D eigenvalue weighted by molar-refractivity contribution is 0.151. The predicted octanol–water partition coefficient (Wildman–Crippen LogP) is 5.03. The Balaban J connectivity index is 2.14. The van der Waals surface area contributed by atoms with E-state index in [1.807, 2.05) is 0 Å². The normalized spacial score (nSPS) is 27.4. The van der Waals surface area contributed by atoms with Gasteiger partial charge in [-0.2, -0.15) is 0 Å². The van der Waals surface area contributed by atoms with Gasteiger partial charge in [-0.3, -0.25) is 0 Å². The summed E-state index contributed by atoms with van der Waals surface area (Å²) >= 11 is 0. The molecule has 0 amide bonds. The molecule has 0 aromatic heterocycles. The molecule has 0 radical (unpaired) electrons. The van der Waals surface area contributed by atoms with Gasteiger partial charge in [-0.05, 0) is 42.9 Å². The lowest BCUT2D eigenvalue weighted by atomic mass is 9.69. The first kappa shape index (κ1) is 12.1. The maximum atomic E-state index is 2.45. The van der Waals surface area contributed by atoms with E-state index in [4.69, 9.17) is 0 Å². The van der Waals surface area contributed by atoms with Gasteiger partial charge in [0.15, 0.2) is 0 Å². The highest BCUT2D eigenvalue weighted by Gasteiger charge is 2.28. The zero-order chi connectivity index (χ0) is 10.6. The molecule has 84 valence electrons. The molecular weight excluding hydrogens is 168 g/mol. The van der Waals surface area contributed by atoms with Crippen LogP contribution in [0.5, 0.6) is 0 Å². The monoisotopic (exact) mass is 196 g/mol. The molecule has 0 bridgehead atoms. The van der Waals surface area contributed by atoms with Crippen LogP contribution in [-0.4, -0.2) is 0 Å². The van der Waals surface area contributed by atoms with Gasteiger partial charge in [-0.1, -0.05) is 47.0 Å². The van der Waals surface area contributed by atoms with Crippen molar-refractivity contribution in [1.82, 2.24) is 0 Å². The Hall–Kier alpha value is 0. The second-order valence-corrected chi connectivity index (χ2v) is 6.12. The Labute approximate surface area is 90.5 Å². The largest absolute Gasteiger partial charge is 0.0654 e. The molecule has 0 heterocycles. The van der Waals surface area contributed by atoms with Gasteiger partial charge in [0, 0.05) is 0 Å². The summed E-state index contributed by atoms with van der Waals surface area (Å²) in [6.45, 7) is 9.62. The fraction of sp³-hybridized carbons (Fsp3) is 1.00. The van der Waals surface area contributed by atoms with Crippen molar-refractivity contribution in [3.63, 3.8) is 0 Å². The Morgan fingerprint density at radius 1 is 1.14 bits per heavy atom. The zero-order valence-corrected chi connectivity index (χ0v) is 10.6. The molecule has 2 unspecified atom stereocenters. The predicted molar refractivity (Wildman–Crippen MR) is 64.4 cm³/mol. The van der Waals surface area contributed by atoms with Crippen LogP contribution in [0.3, 0.4) is 0 Å². The summed E-state index contributed by atoms with van der Waals surface area (Å²) in [6.07, 6.45) is 10.1. The molecule has 0 heteroatoms. The van der Waals surface area contributed by atoms with E-state index in [1.165, 1.54) is 44.9 Å². The van der Waals surface area contributed by atoms with Gasteiger partial charge < -0.3 is 0 Å². The lowest BCUT2D eigenvalue weighted by Crippen LogP contribution is -2.25. The van der Waals surface area contributed by atoms with Crippen molar-refractivity contribution in [1.29, 1.82) is 0 Å². The van der Waals surface area contributed by atoms with E-state index in [0.29, 0.717) is 5.41 Å². The first-order chi connectivity index (χ1) is 6.55. The van der Waals surface area contributed by atoms with Crippen molar-refractivity contribution < 1.29 is 0 Å². The molecule has 2 atom stereocenters. The van der Waals surface area contributed by atoms with Crippen molar-refractivity contribution in [3.8, 4) is 0 Å². The molecule has 0 aliphatic heterocycles. The number of hydrogen-bond donors (Lipinski definition) is 0. The fourth-order valence-electron chi connectivity index (χ4n) is 2.52. The maximum absolute atomic E-state index is 2.45. The van der Waals surface area contributed by atoms with E-state index in [0.717, 1.165) is 11.8 Å². The minimum absolute atomic E-state index is 0.602. The van der Waals surface area contributed by atoms with Gasteiger partial charge in [0.05, 0.1) is 0 Å². The van der Waals surface area contributed by atoms with Crippen LogP contribution in [0.25, 0.3) is 0 Å². The van der Waals surface area contributed by atoms with Gasteiger partial charge in [-0.15, -0.1) is 0 Å². The van der Waals surface area contributed by atoms with E-state index in [2.05, 4.69) is 27.7 Å². The summed E-state index contributed by atoms with van der Waals surface area (Å²) in [5.74, 6) is 2.09. The third kappa shape index (κ3) is 3.63. The van der Waals surface area contributed by atoms with Gasteiger partial charge in [0.1, 0.15) is 0 Å². The smallest absolute Gasteiger partial charge is 0.0354 e. The van der Waals surface area contributed by atoms with Gasteiger partial charge in [0.25, 0.3) is 0 Å². The van der Waals surface area contributed by atoms with Crippen molar-refractivity contribution in [2.24, 2.45) is 17.3 Å². The van der Waals surface area contributed by atoms with Crippen LogP contribution in [-0.2, 0) is 0 Å². The standard InChI is InChI=1S/C14H28/c1-5-6-10-14(3,4)11-9-13-8-7-12(13)2/h12-13H,5-11H2,1-4H3. The molecule has 1 aliphatic carbocycles. The van der Waals surface area contributed by atoms with Crippen LogP contribution >= 0.6 is 0 Å². The summed E-state index contributed by atoms with van der Waals surface area (Å²) < 4.78 is 0. The molecular formula is C14H28. The first-order valence-electron chi connectivity index (χ1n) is 6.55. The average molecular weight is 196 g/mol. The Bertz CT molecular complexity index is 157. The molecule has 0 aromatic carbocycles. The van der Waals surface area contributed by atoms with Gasteiger partial charge in [0.2, 0.25) is 0 Å². The summed E-state index contributed by atoms with van der Waals surface area (Å²) in [5.41, 5.74) is 0.602. The molecule has 0 nitrogen and oxygen atoms in total. The number of hydrogen-bond acceptors (Lipinski definition) is 0. The number of unbranched alkanes of at least 4 members (excludes halogenated alkanes) is 1. The lowest BCUT2D eigenvalue weighted by Gasteiger charge is -2.36. The second-order valence-electron chi connectivity index (χ2n) is 6.12. The van der Waals surface area contributed by atoms with Crippen LogP contribution < -0.4 is 0 Å². The minimum atomic E-state index is 0.602. The van der Waals surface area contributed by atoms with Crippen LogP contribution in [0.1, 0.15) is 72.6 Å². The highest BCUT2D eigenvalue weighted by atomic mass is 14.3.